The number of hydrogen-bond acceptors (Lipinski definition) is 3. The van der Waals surface area contributed by atoms with E-state index in [1.165, 1.54) is 13.4 Å². The maximum atomic E-state index is 10.4. The smallest absolute Gasteiger partial charge is 0.377 e. The Bertz CT molecular complexity index is 212. The number of aromatic amines is 1. The van der Waals surface area contributed by atoms with Gasteiger partial charge in [-0.3, -0.25) is 4.98 Å². The van der Waals surface area contributed by atoms with E-state index < -0.39 is 0 Å². The number of H-pyrrole nitrogens is 1. The van der Waals surface area contributed by atoms with Gasteiger partial charge in [-0.15, -0.1) is 5.10 Å². The first-order valence-corrected chi connectivity index (χ1v) is 2.02. The molecule has 0 aromatic carbocycles. The van der Waals surface area contributed by atoms with E-state index in [0.717, 1.165) is 4.85 Å². The van der Waals surface area contributed by atoms with E-state index in [1.54, 1.807) is 0 Å². The summed E-state index contributed by atoms with van der Waals surface area (Å²) in [5.41, 5.74) is -0.368. The molecule has 0 saturated heterocycles. The van der Waals surface area contributed by atoms with Crippen molar-refractivity contribution in [1.82, 2.24) is 14.9 Å². The van der Waals surface area contributed by atoms with Crippen molar-refractivity contribution in [3.63, 3.8) is 0 Å². The van der Waals surface area contributed by atoms with Crippen LogP contribution >= 0.6 is 0 Å². The summed E-state index contributed by atoms with van der Waals surface area (Å²) in [6.07, 6.45) is 1.26. The molecule has 0 radical (unpaired) electrons. The fourth-order valence-corrected chi connectivity index (χ4v) is 0.374. The van der Waals surface area contributed by atoms with Gasteiger partial charge in [0.15, 0.2) is 0 Å². The highest BCUT2D eigenvalue weighted by atomic mass is 16.7. The molecule has 0 unspecified atom stereocenters. The molecule has 0 atom stereocenters. The molecule has 0 aliphatic rings. The average molecular weight is 115 g/mol. The Labute approximate surface area is 44.9 Å². The molecular formula is C3H5N3O2. The molecule has 1 N–H and O–H groups in total. The van der Waals surface area contributed by atoms with Crippen LogP contribution in [0.25, 0.3) is 0 Å². The van der Waals surface area contributed by atoms with Gasteiger partial charge in [0.05, 0.1) is 0 Å². The molecule has 5 nitrogen and oxygen atoms in total. The lowest BCUT2D eigenvalue weighted by Crippen LogP contribution is -2.22. The molecule has 1 aromatic heterocycles. The molecule has 5 heteroatoms. The van der Waals surface area contributed by atoms with Crippen LogP contribution in [0.5, 0.6) is 0 Å². The lowest BCUT2D eigenvalue weighted by molar-refractivity contribution is 0.124. The van der Waals surface area contributed by atoms with E-state index in [4.69, 9.17) is 0 Å². The summed E-state index contributed by atoms with van der Waals surface area (Å²) in [5.74, 6) is 0. The van der Waals surface area contributed by atoms with Crippen LogP contribution in [0.3, 0.4) is 0 Å². The van der Waals surface area contributed by atoms with Crippen molar-refractivity contribution in [2.75, 3.05) is 7.11 Å². The third-order valence-electron chi connectivity index (χ3n) is 0.697. The fraction of sp³-hybridized carbons (Fsp3) is 0.333. The minimum atomic E-state index is -0.368. The standard InChI is InChI=1S/C3H5N3O2/c1-8-6-3(7)4-2-5-6/h2H,1H3,(H,4,5,7). The quantitative estimate of drug-likeness (QED) is 0.491. The summed E-state index contributed by atoms with van der Waals surface area (Å²) in [6.45, 7) is 0. The van der Waals surface area contributed by atoms with Gasteiger partial charge in [0.2, 0.25) is 0 Å². The van der Waals surface area contributed by atoms with Crippen LogP contribution in [-0.2, 0) is 0 Å². The summed E-state index contributed by atoms with van der Waals surface area (Å²) in [7, 11) is 1.36. The molecule has 1 heterocycles. The summed E-state index contributed by atoms with van der Waals surface area (Å²) in [4.78, 5) is 18.0. The summed E-state index contributed by atoms with van der Waals surface area (Å²) < 4.78 is 0. The Kier molecular flexibility index (Phi) is 1.03. The van der Waals surface area contributed by atoms with Crippen molar-refractivity contribution in [2.24, 2.45) is 0 Å². The molecule has 0 aliphatic carbocycles. The predicted molar refractivity (Wildman–Crippen MR) is 25.4 cm³/mol. The minimum Gasteiger partial charge on any atom is -0.396 e. The van der Waals surface area contributed by atoms with Crippen molar-refractivity contribution >= 4 is 0 Å². The molecule has 0 saturated carbocycles. The van der Waals surface area contributed by atoms with E-state index in [-0.39, 0.29) is 5.69 Å². The van der Waals surface area contributed by atoms with Crippen molar-refractivity contribution in [2.45, 2.75) is 0 Å². The predicted octanol–water partition coefficient (Wildman–Crippen LogP) is -1.37. The van der Waals surface area contributed by atoms with Crippen LogP contribution in [0.1, 0.15) is 0 Å². The first-order valence-electron chi connectivity index (χ1n) is 2.02. The Morgan fingerprint density at radius 3 is 3.00 bits per heavy atom. The highest BCUT2D eigenvalue weighted by Crippen LogP contribution is 1.57. The monoisotopic (exact) mass is 115 g/mol. The molecule has 0 aliphatic heterocycles. The van der Waals surface area contributed by atoms with E-state index in [1.807, 2.05) is 0 Å². The highest BCUT2D eigenvalue weighted by molar-refractivity contribution is 4.52. The molecular weight excluding hydrogens is 110 g/mol. The van der Waals surface area contributed by atoms with Gasteiger partial charge in [-0.05, 0) is 4.85 Å². The van der Waals surface area contributed by atoms with Crippen LogP contribution in [0.4, 0.5) is 0 Å². The van der Waals surface area contributed by atoms with Gasteiger partial charge in [-0.2, -0.15) is 0 Å². The fourth-order valence-electron chi connectivity index (χ4n) is 0.374. The van der Waals surface area contributed by atoms with Gasteiger partial charge in [0.1, 0.15) is 13.4 Å². The second-order valence-corrected chi connectivity index (χ2v) is 1.15. The van der Waals surface area contributed by atoms with Crippen LogP contribution in [0.2, 0.25) is 0 Å². The molecule has 44 valence electrons. The van der Waals surface area contributed by atoms with Gasteiger partial charge >= 0.3 is 5.69 Å². The van der Waals surface area contributed by atoms with Gasteiger partial charge in [-0.1, -0.05) is 0 Å². The molecule has 8 heavy (non-hydrogen) atoms. The Hall–Kier alpha value is -1.26. The number of rotatable bonds is 1. The SMILES string of the molecule is COn1nc[nH]c1=O. The summed E-state index contributed by atoms with van der Waals surface area (Å²) in [5, 5.41) is 3.46. The average Bonchev–Trinajstić information content (AvgIpc) is 2.14. The van der Waals surface area contributed by atoms with E-state index in [0.29, 0.717) is 0 Å². The van der Waals surface area contributed by atoms with Crippen molar-refractivity contribution in [3.8, 4) is 0 Å². The molecule has 1 rings (SSSR count). The molecule has 1 aromatic rings. The third kappa shape index (κ3) is 0.575. The van der Waals surface area contributed by atoms with Gasteiger partial charge in [0, 0.05) is 0 Å². The van der Waals surface area contributed by atoms with Gasteiger partial charge in [-0.25, -0.2) is 4.79 Å². The maximum Gasteiger partial charge on any atom is 0.377 e. The van der Waals surface area contributed by atoms with Crippen molar-refractivity contribution in [1.29, 1.82) is 0 Å². The number of aromatic nitrogens is 3. The molecule has 0 bridgehead atoms. The van der Waals surface area contributed by atoms with Crippen LogP contribution in [-0.4, -0.2) is 22.0 Å². The van der Waals surface area contributed by atoms with Crippen LogP contribution < -0.4 is 10.5 Å². The second-order valence-electron chi connectivity index (χ2n) is 1.15. The number of nitrogens with zero attached hydrogens (tertiary/aromatic N) is 2. The minimum absolute atomic E-state index is 0.368. The van der Waals surface area contributed by atoms with E-state index in [2.05, 4.69) is 14.9 Å². The van der Waals surface area contributed by atoms with Crippen molar-refractivity contribution in [3.05, 3.63) is 16.8 Å². The van der Waals surface area contributed by atoms with Gasteiger partial charge in [0.25, 0.3) is 0 Å². The second kappa shape index (κ2) is 1.69. The number of nitrogens with one attached hydrogen (secondary N) is 1. The van der Waals surface area contributed by atoms with Crippen molar-refractivity contribution < 1.29 is 4.84 Å². The topological polar surface area (TPSA) is 59.9 Å². The largest absolute Gasteiger partial charge is 0.396 e. The zero-order valence-corrected chi connectivity index (χ0v) is 4.29. The molecule has 0 spiro atoms. The van der Waals surface area contributed by atoms with E-state index in [9.17, 15) is 4.79 Å². The zero-order chi connectivity index (χ0) is 5.98. The Morgan fingerprint density at radius 1 is 2.00 bits per heavy atom. The summed E-state index contributed by atoms with van der Waals surface area (Å²) >= 11 is 0. The first kappa shape index (κ1) is 4.89. The lowest BCUT2D eigenvalue weighted by atomic mass is 11.3. The Balaban J connectivity index is 3.11. The highest BCUT2D eigenvalue weighted by Gasteiger charge is 1.89. The molecule has 0 amide bonds. The summed E-state index contributed by atoms with van der Waals surface area (Å²) in [6, 6.07) is 0. The maximum absolute atomic E-state index is 10.4. The van der Waals surface area contributed by atoms with Gasteiger partial charge < -0.3 is 4.84 Å². The first-order chi connectivity index (χ1) is 3.84. The van der Waals surface area contributed by atoms with E-state index >= 15 is 0 Å². The zero-order valence-electron chi connectivity index (χ0n) is 4.29. The van der Waals surface area contributed by atoms with Crippen LogP contribution in [0, 0.1) is 0 Å². The van der Waals surface area contributed by atoms with Crippen LogP contribution in [0.15, 0.2) is 11.1 Å². The Morgan fingerprint density at radius 2 is 2.75 bits per heavy atom. The third-order valence-corrected chi connectivity index (χ3v) is 0.697. The normalized spacial score (nSPS) is 9.12. The lowest BCUT2D eigenvalue weighted by Gasteiger charge is -1.88. The molecule has 0 fully saturated rings. The number of hydrogen-bond donors (Lipinski definition) is 1.